The van der Waals surface area contributed by atoms with Gasteiger partial charge in [-0.1, -0.05) is 0 Å². The molecule has 0 rings (SSSR count). The number of esters is 2. The monoisotopic (exact) mass is 337 g/mol. The number of hydrogen-bond donors (Lipinski definition) is 2. The van der Waals surface area contributed by atoms with Crippen LogP contribution in [0.4, 0.5) is 0 Å². The quantitative estimate of drug-likeness (QED) is 0.415. The summed E-state index contributed by atoms with van der Waals surface area (Å²) in [6, 6.07) is -1.12. The number of ether oxygens (including phenoxy) is 2. The molecule has 126 valence electrons. The van der Waals surface area contributed by atoms with Crippen LogP contribution in [-0.4, -0.2) is 69.1 Å². The minimum atomic E-state index is -1.12. The van der Waals surface area contributed by atoms with Gasteiger partial charge in [0.25, 0.3) is 5.91 Å². The second-order valence-electron chi connectivity index (χ2n) is 4.10. The summed E-state index contributed by atoms with van der Waals surface area (Å²) in [6.45, 7) is -0.616. The molecular formula is C12H20ClN3O6. The second kappa shape index (κ2) is 11.5. The van der Waals surface area contributed by atoms with Gasteiger partial charge in [-0.15, -0.1) is 12.4 Å². The van der Waals surface area contributed by atoms with Gasteiger partial charge >= 0.3 is 11.9 Å². The van der Waals surface area contributed by atoms with E-state index in [0.717, 1.165) is 12.2 Å². The summed E-state index contributed by atoms with van der Waals surface area (Å²) in [5.41, 5.74) is 5.48. The molecule has 0 bridgehead atoms. The highest BCUT2D eigenvalue weighted by Gasteiger charge is 2.17. The zero-order valence-corrected chi connectivity index (χ0v) is 13.3. The van der Waals surface area contributed by atoms with Crippen molar-refractivity contribution in [3.05, 3.63) is 12.2 Å². The molecule has 22 heavy (non-hydrogen) atoms. The van der Waals surface area contributed by atoms with E-state index in [1.165, 1.54) is 26.1 Å². The fraction of sp³-hybridized carbons (Fsp3) is 0.500. The normalized spacial score (nSPS) is 11.1. The Kier molecular flexibility index (Phi) is 11.6. The van der Waals surface area contributed by atoms with Crippen molar-refractivity contribution in [2.24, 2.45) is 5.73 Å². The van der Waals surface area contributed by atoms with E-state index in [-0.39, 0.29) is 24.9 Å². The molecule has 0 unspecified atom stereocenters. The highest BCUT2D eigenvalue weighted by Crippen LogP contribution is 1.88. The van der Waals surface area contributed by atoms with Gasteiger partial charge in [0.15, 0.2) is 6.61 Å². The van der Waals surface area contributed by atoms with Crippen molar-refractivity contribution in [3.63, 3.8) is 0 Å². The van der Waals surface area contributed by atoms with Crippen molar-refractivity contribution in [1.29, 1.82) is 0 Å². The van der Waals surface area contributed by atoms with Crippen LogP contribution in [0, 0.1) is 0 Å². The van der Waals surface area contributed by atoms with Gasteiger partial charge in [0.2, 0.25) is 5.91 Å². The molecule has 0 aliphatic heterocycles. The molecule has 0 aliphatic rings. The highest BCUT2D eigenvalue weighted by atomic mass is 35.5. The van der Waals surface area contributed by atoms with Crippen molar-refractivity contribution in [1.82, 2.24) is 10.2 Å². The van der Waals surface area contributed by atoms with E-state index in [2.05, 4.69) is 14.8 Å². The first-order valence-corrected chi connectivity index (χ1v) is 5.94. The number of rotatable bonds is 7. The lowest BCUT2D eigenvalue weighted by Crippen LogP contribution is -2.44. The summed E-state index contributed by atoms with van der Waals surface area (Å²) < 4.78 is 8.97. The Morgan fingerprint density at radius 1 is 1.23 bits per heavy atom. The first-order chi connectivity index (χ1) is 9.77. The lowest BCUT2D eigenvalue weighted by Gasteiger charge is -2.13. The SMILES string of the molecule is COC(=O)/C=C/C(=O)NC[C@H](N)C(=O)OCC(=O)N(C)C.Cl. The number of nitrogens with one attached hydrogen (secondary N) is 1. The van der Waals surface area contributed by atoms with E-state index in [1.54, 1.807) is 0 Å². The maximum Gasteiger partial charge on any atom is 0.330 e. The Morgan fingerprint density at radius 3 is 2.32 bits per heavy atom. The molecule has 0 aromatic rings. The standard InChI is InChI=1S/C12H19N3O6.ClH/c1-15(2)10(17)7-21-12(19)8(13)6-14-9(16)4-5-11(18)20-3;/h4-5,8H,6-7,13H2,1-3H3,(H,14,16);1H/b5-4+;/t8-;/m0./s1. The van der Waals surface area contributed by atoms with Gasteiger partial charge in [0, 0.05) is 32.8 Å². The summed E-state index contributed by atoms with van der Waals surface area (Å²) in [5.74, 6) is -2.51. The first kappa shape index (κ1) is 22.2. The molecule has 0 radical (unpaired) electrons. The molecule has 0 aromatic carbocycles. The summed E-state index contributed by atoms with van der Waals surface area (Å²) in [7, 11) is 4.21. The number of nitrogens with two attached hydrogens (primary N) is 1. The molecule has 0 saturated heterocycles. The van der Waals surface area contributed by atoms with Crippen molar-refractivity contribution in [3.8, 4) is 0 Å². The number of methoxy groups -OCH3 is 1. The van der Waals surface area contributed by atoms with Gasteiger partial charge < -0.3 is 25.4 Å². The van der Waals surface area contributed by atoms with E-state index in [9.17, 15) is 19.2 Å². The molecule has 0 aliphatic carbocycles. The Labute approximate surface area is 134 Å². The third-order valence-corrected chi connectivity index (χ3v) is 2.21. The Bertz CT molecular complexity index is 439. The summed E-state index contributed by atoms with van der Waals surface area (Å²) in [6.07, 6.45) is 1.87. The summed E-state index contributed by atoms with van der Waals surface area (Å²) in [4.78, 5) is 45.9. The van der Waals surface area contributed by atoms with Crippen molar-refractivity contribution >= 4 is 36.2 Å². The van der Waals surface area contributed by atoms with Gasteiger partial charge in [-0.2, -0.15) is 0 Å². The number of nitrogens with zero attached hydrogens (tertiary/aromatic N) is 1. The van der Waals surface area contributed by atoms with Crippen LogP contribution in [-0.2, 0) is 28.7 Å². The van der Waals surface area contributed by atoms with Crippen LogP contribution in [0.15, 0.2) is 12.2 Å². The maximum absolute atomic E-state index is 11.4. The first-order valence-electron chi connectivity index (χ1n) is 5.94. The molecule has 0 saturated carbocycles. The number of likely N-dealkylation sites (N-methyl/N-ethyl adjacent to an activating group) is 1. The van der Waals surface area contributed by atoms with E-state index in [1.807, 2.05) is 0 Å². The lowest BCUT2D eigenvalue weighted by molar-refractivity contribution is -0.152. The average Bonchev–Trinajstić information content (AvgIpc) is 2.46. The van der Waals surface area contributed by atoms with E-state index < -0.39 is 30.5 Å². The number of amides is 2. The van der Waals surface area contributed by atoms with Gasteiger partial charge in [0.1, 0.15) is 6.04 Å². The van der Waals surface area contributed by atoms with Crippen LogP contribution >= 0.6 is 12.4 Å². The minimum Gasteiger partial charge on any atom is -0.466 e. The van der Waals surface area contributed by atoms with Crippen LogP contribution in [0.5, 0.6) is 0 Å². The molecular weight excluding hydrogens is 318 g/mol. The Morgan fingerprint density at radius 2 is 1.82 bits per heavy atom. The van der Waals surface area contributed by atoms with Gasteiger partial charge in [-0.05, 0) is 0 Å². The van der Waals surface area contributed by atoms with E-state index in [0.29, 0.717) is 0 Å². The molecule has 10 heteroatoms. The molecule has 9 nitrogen and oxygen atoms in total. The molecule has 0 spiro atoms. The fourth-order valence-corrected chi connectivity index (χ4v) is 0.934. The van der Waals surface area contributed by atoms with E-state index in [4.69, 9.17) is 5.73 Å². The van der Waals surface area contributed by atoms with Gasteiger partial charge in [0.05, 0.1) is 7.11 Å². The number of halogens is 1. The topological polar surface area (TPSA) is 128 Å². The van der Waals surface area contributed by atoms with Gasteiger partial charge in [-0.25, -0.2) is 4.79 Å². The van der Waals surface area contributed by atoms with Crippen LogP contribution in [0.1, 0.15) is 0 Å². The largest absolute Gasteiger partial charge is 0.466 e. The zero-order chi connectivity index (χ0) is 16.4. The van der Waals surface area contributed by atoms with Crippen LogP contribution in [0.25, 0.3) is 0 Å². The second-order valence-corrected chi connectivity index (χ2v) is 4.10. The number of carbonyl (C=O) groups excluding carboxylic acids is 4. The third-order valence-electron chi connectivity index (χ3n) is 2.21. The molecule has 2 amide bonds. The van der Waals surface area contributed by atoms with Crippen LogP contribution < -0.4 is 11.1 Å². The van der Waals surface area contributed by atoms with E-state index >= 15 is 0 Å². The molecule has 0 aromatic heterocycles. The molecule has 0 fully saturated rings. The minimum absolute atomic E-state index is 0. The molecule has 0 heterocycles. The highest BCUT2D eigenvalue weighted by molar-refractivity contribution is 5.94. The fourth-order valence-electron chi connectivity index (χ4n) is 0.934. The van der Waals surface area contributed by atoms with Crippen LogP contribution in [0.2, 0.25) is 0 Å². The Balaban J connectivity index is 0. The van der Waals surface area contributed by atoms with Crippen LogP contribution in [0.3, 0.4) is 0 Å². The number of carbonyl (C=O) groups is 4. The summed E-state index contributed by atoms with van der Waals surface area (Å²) >= 11 is 0. The predicted octanol–water partition coefficient (Wildman–Crippen LogP) is -1.79. The molecule has 3 N–H and O–H groups in total. The Hall–Kier alpha value is -2.13. The lowest BCUT2D eigenvalue weighted by atomic mass is 10.3. The molecule has 1 atom stereocenters. The van der Waals surface area contributed by atoms with Crippen molar-refractivity contribution in [2.75, 3.05) is 34.4 Å². The third kappa shape index (κ3) is 9.72. The number of hydrogen-bond acceptors (Lipinski definition) is 7. The predicted molar refractivity (Wildman–Crippen MR) is 79.0 cm³/mol. The summed E-state index contributed by atoms with van der Waals surface area (Å²) in [5, 5.41) is 2.30. The average molecular weight is 338 g/mol. The zero-order valence-electron chi connectivity index (χ0n) is 12.5. The maximum atomic E-state index is 11.4. The van der Waals surface area contributed by atoms with Crippen molar-refractivity contribution < 1.29 is 28.7 Å². The van der Waals surface area contributed by atoms with Crippen molar-refractivity contribution in [2.45, 2.75) is 6.04 Å². The van der Waals surface area contributed by atoms with Gasteiger partial charge in [-0.3, -0.25) is 14.4 Å². The smallest absolute Gasteiger partial charge is 0.330 e.